The maximum absolute atomic E-state index is 6.37. The number of hydrogen-bond donors (Lipinski definition) is 1. The minimum atomic E-state index is -0.0479. The van der Waals surface area contributed by atoms with Crippen molar-refractivity contribution >= 4 is 15.9 Å². The highest BCUT2D eigenvalue weighted by Gasteiger charge is 2.36. The Hall–Kier alpha value is -0.540. The van der Waals surface area contributed by atoms with Gasteiger partial charge in [0.15, 0.2) is 0 Å². The van der Waals surface area contributed by atoms with Gasteiger partial charge in [-0.1, -0.05) is 54.6 Å². The summed E-state index contributed by atoms with van der Waals surface area (Å²) in [6, 6.07) is 6.76. The van der Waals surface area contributed by atoms with Crippen molar-refractivity contribution in [2.75, 3.05) is 7.05 Å². The first-order chi connectivity index (χ1) is 10.1. The molecule has 2 rings (SSSR count). The minimum absolute atomic E-state index is 0.0479. The summed E-state index contributed by atoms with van der Waals surface area (Å²) in [5.74, 6) is 1.03. The van der Waals surface area contributed by atoms with E-state index in [1.165, 1.54) is 37.7 Å². The fraction of sp³-hybridized carbons (Fsp3) is 0.667. The number of halogens is 1. The van der Waals surface area contributed by atoms with E-state index in [2.05, 4.69) is 53.3 Å². The Kier molecular flexibility index (Phi) is 6.12. The van der Waals surface area contributed by atoms with Crippen molar-refractivity contribution in [1.82, 2.24) is 5.32 Å². The highest BCUT2D eigenvalue weighted by Crippen LogP contribution is 2.42. The first-order valence-corrected chi connectivity index (χ1v) is 9.03. The molecule has 0 aromatic heterocycles. The van der Waals surface area contributed by atoms with E-state index in [9.17, 15) is 0 Å². The van der Waals surface area contributed by atoms with Crippen LogP contribution in [0.5, 0.6) is 5.75 Å². The van der Waals surface area contributed by atoms with Crippen molar-refractivity contribution in [3.8, 4) is 5.75 Å². The van der Waals surface area contributed by atoms with Crippen LogP contribution in [0, 0.1) is 0 Å². The molecule has 118 valence electrons. The molecule has 0 saturated carbocycles. The van der Waals surface area contributed by atoms with Crippen molar-refractivity contribution in [3.05, 3.63) is 28.2 Å². The Morgan fingerprint density at radius 2 is 2.05 bits per heavy atom. The van der Waals surface area contributed by atoms with Crippen LogP contribution in [0.2, 0.25) is 0 Å². The molecule has 1 heterocycles. The largest absolute Gasteiger partial charge is 0.487 e. The first kappa shape index (κ1) is 16.8. The molecule has 1 aromatic rings. The summed E-state index contributed by atoms with van der Waals surface area (Å²) in [4.78, 5) is 0. The van der Waals surface area contributed by atoms with Gasteiger partial charge in [-0.25, -0.2) is 0 Å². The average molecular weight is 354 g/mol. The number of ether oxygens (including phenoxy) is 1. The molecule has 0 saturated heterocycles. The molecule has 0 radical (unpaired) electrons. The topological polar surface area (TPSA) is 21.3 Å². The molecule has 0 amide bonds. The zero-order chi connectivity index (χ0) is 15.3. The van der Waals surface area contributed by atoms with Gasteiger partial charge in [-0.05, 0) is 38.9 Å². The zero-order valence-corrected chi connectivity index (χ0v) is 15.1. The number of unbranched alkanes of at least 4 members (excludes halogenated alkanes) is 4. The fourth-order valence-electron chi connectivity index (χ4n) is 3.25. The smallest absolute Gasteiger partial charge is 0.126 e. The van der Waals surface area contributed by atoms with Gasteiger partial charge in [0.05, 0.1) is 0 Å². The molecule has 1 aliphatic heterocycles. The first-order valence-electron chi connectivity index (χ1n) is 8.24. The maximum atomic E-state index is 6.37. The van der Waals surface area contributed by atoms with E-state index in [0.717, 1.165) is 23.1 Å². The van der Waals surface area contributed by atoms with E-state index in [0.29, 0.717) is 6.04 Å². The molecule has 0 bridgehead atoms. The Bertz CT molecular complexity index is 463. The van der Waals surface area contributed by atoms with Crippen LogP contribution in [0.1, 0.15) is 70.4 Å². The molecule has 1 N–H and O–H groups in total. The van der Waals surface area contributed by atoms with Gasteiger partial charge in [0, 0.05) is 22.5 Å². The highest BCUT2D eigenvalue weighted by molar-refractivity contribution is 9.10. The predicted molar refractivity (Wildman–Crippen MR) is 93.0 cm³/mol. The quantitative estimate of drug-likeness (QED) is 0.643. The number of benzene rings is 1. The van der Waals surface area contributed by atoms with E-state index in [1.807, 2.05) is 7.05 Å². The summed E-state index contributed by atoms with van der Waals surface area (Å²) in [6.07, 6.45) is 8.78. The Morgan fingerprint density at radius 1 is 1.29 bits per heavy atom. The third-order valence-corrected chi connectivity index (χ3v) is 4.99. The molecule has 2 atom stereocenters. The summed E-state index contributed by atoms with van der Waals surface area (Å²) >= 11 is 3.55. The van der Waals surface area contributed by atoms with Gasteiger partial charge in [0.2, 0.25) is 0 Å². The van der Waals surface area contributed by atoms with Gasteiger partial charge in [-0.3, -0.25) is 0 Å². The lowest BCUT2D eigenvalue weighted by molar-refractivity contribution is 0.0383. The Labute approximate surface area is 137 Å². The monoisotopic (exact) mass is 353 g/mol. The summed E-state index contributed by atoms with van der Waals surface area (Å²) in [5, 5.41) is 3.45. The van der Waals surface area contributed by atoms with Crippen LogP contribution in [0.4, 0.5) is 0 Å². The average Bonchev–Trinajstić information content (AvgIpc) is 2.45. The lowest BCUT2D eigenvalue weighted by Crippen LogP contribution is -2.41. The maximum Gasteiger partial charge on any atom is 0.126 e. The normalized spacial score (nSPS) is 24.5. The van der Waals surface area contributed by atoms with Crippen molar-refractivity contribution in [1.29, 1.82) is 0 Å². The minimum Gasteiger partial charge on any atom is -0.487 e. The SMILES string of the molecule is CCCCCCCC1(C)CC(NC)c2ccc(Br)cc2O1. The number of hydrogen-bond acceptors (Lipinski definition) is 2. The third-order valence-electron chi connectivity index (χ3n) is 4.50. The molecule has 0 aliphatic carbocycles. The number of nitrogens with one attached hydrogen (secondary N) is 1. The van der Waals surface area contributed by atoms with E-state index < -0.39 is 0 Å². The number of fused-ring (bicyclic) bond motifs is 1. The molecule has 1 aromatic carbocycles. The number of rotatable bonds is 7. The summed E-state index contributed by atoms with van der Waals surface area (Å²) < 4.78 is 7.46. The predicted octanol–water partition coefficient (Wildman–Crippen LogP) is 5.61. The second-order valence-electron chi connectivity index (χ2n) is 6.44. The van der Waals surface area contributed by atoms with Crippen LogP contribution >= 0.6 is 15.9 Å². The summed E-state index contributed by atoms with van der Waals surface area (Å²) in [7, 11) is 2.05. The van der Waals surface area contributed by atoms with Crippen molar-refractivity contribution in [3.63, 3.8) is 0 Å². The Balaban J connectivity index is 2.02. The lowest BCUT2D eigenvalue weighted by Gasteiger charge is -2.40. The van der Waals surface area contributed by atoms with Crippen molar-refractivity contribution < 1.29 is 4.74 Å². The second-order valence-corrected chi connectivity index (χ2v) is 7.36. The molecule has 3 heteroatoms. The Morgan fingerprint density at radius 3 is 2.76 bits per heavy atom. The second kappa shape index (κ2) is 7.64. The van der Waals surface area contributed by atoms with Crippen LogP contribution in [0.15, 0.2) is 22.7 Å². The highest BCUT2D eigenvalue weighted by atomic mass is 79.9. The molecule has 0 spiro atoms. The van der Waals surface area contributed by atoms with Gasteiger partial charge >= 0.3 is 0 Å². The van der Waals surface area contributed by atoms with Gasteiger partial charge in [-0.15, -0.1) is 0 Å². The van der Waals surface area contributed by atoms with Gasteiger partial charge in [0.25, 0.3) is 0 Å². The molecule has 1 aliphatic rings. The van der Waals surface area contributed by atoms with Crippen molar-refractivity contribution in [2.24, 2.45) is 0 Å². The van der Waals surface area contributed by atoms with Crippen molar-refractivity contribution in [2.45, 2.75) is 70.4 Å². The van der Waals surface area contributed by atoms with Crippen LogP contribution in [0.3, 0.4) is 0 Å². The third kappa shape index (κ3) is 4.46. The molecule has 2 nitrogen and oxygen atoms in total. The van der Waals surface area contributed by atoms with Crippen LogP contribution in [0.25, 0.3) is 0 Å². The van der Waals surface area contributed by atoms with Crippen LogP contribution in [-0.2, 0) is 0 Å². The fourth-order valence-corrected chi connectivity index (χ4v) is 3.59. The molecule has 2 unspecified atom stereocenters. The lowest BCUT2D eigenvalue weighted by atomic mass is 9.85. The summed E-state index contributed by atoms with van der Waals surface area (Å²) in [5.41, 5.74) is 1.23. The molecular formula is C18H28BrNO. The van der Waals surface area contributed by atoms with E-state index in [4.69, 9.17) is 4.74 Å². The molecule has 21 heavy (non-hydrogen) atoms. The van der Waals surface area contributed by atoms with Crippen LogP contribution < -0.4 is 10.1 Å². The standard InChI is InChI=1S/C18H28BrNO/c1-4-5-6-7-8-11-18(2)13-16(20-3)15-10-9-14(19)12-17(15)21-18/h9-10,12,16,20H,4-8,11,13H2,1-3H3. The van der Waals surface area contributed by atoms with Crippen LogP contribution in [-0.4, -0.2) is 12.6 Å². The van der Waals surface area contributed by atoms with E-state index in [-0.39, 0.29) is 5.60 Å². The van der Waals surface area contributed by atoms with Gasteiger partial charge < -0.3 is 10.1 Å². The zero-order valence-electron chi connectivity index (χ0n) is 13.5. The van der Waals surface area contributed by atoms with E-state index in [1.54, 1.807) is 0 Å². The van der Waals surface area contributed by atoms with E-state index >= 15 is 0 Å². The molecule has 0 fully saturated rings. The van der Waals surface area contributed by atoms with Gasteiger partial charge in [-0.2, -0.15) is 0 Å². The van der Waals surface area contributed by atoms with Gasteiger partial charge in [0.1, 0.15) is 11.4 Å². The summed E-state index contributed by atoms with van der Waals surface area (Å²) in [6.45, 7) is 4.53. The molecular weight excluding hydrogens is 326 g/mol.